The van der Waals surface area contributed by atoms with Gasteiger partial charge >= 0.3 is 5.97 Å². The minimum Gasteiger partial charge on any atom is -0.461 e. The third-order valence-corrected chi connectivity index (χ3v) is 6.38. The summed E-state index contributed by atoms with van der Waals surface area (Å²) in [6, 6.07) is 6.54. The number of aromatic nitrogens is 1. The topological polar surface area (TPSA) is 51.2 Å². The second-order valence-electron chi connectivity index (χ2n) is 6.46. The first kappa shape index (κ1) is 16.6. The van der Waals surface area contributed by atoms with Crippen molar-refractivity contribution in [1.82, 2.24) is 4.98 Å². The number of nitrogens with one attached hydrogen (secondary N) is 1. The van der Waals surface area contributed by atoms with Gasteiger partial charge in [0.1, 0.15) is 5.15 Å². The fraction of sp³-hybridized carbons (Fsp3) is 0.368. The van der Waals surface area contributed by atoms with Crippen molar-refractivity contribution in [3.63, 3.8) is 0 Å². The maximum absolute atomic E-state index is 12.0. The van der Waals surface area contributed by atoms with Crippen LogP contribution in [0, 0.1) is 12.8 Å². The van der Waals surface area contributed by atoms with Gasteiger partial charge in [0, 0.05) is 11.6 Å². The summed E-state index contributed by atoms with van der Waals surface area (Å²) in [6.45, 7) is 4.23. The molecule has 0 fully saturated rings. The number of aryl methyl sites for hydroxylation is 1. The molecule has 1 aliphatic heterocycles. The van der Waals surface area contributed by atoms with Gasteiger partial charge in [-0.05, 0) is 37.8 Å². The first-order valence-electron chi connectivity index (χ1n) is 8.45. The van der Waals surface area contributed by atoms with E-state index in [0.717, 1.165) is 17.0 Å². The molecule has 4 nitrogen and oxygen atoms in total. The molecule has 1 aromatic carbocycles. The Morgan fingerprint density at radius 2 is 2.32 bits per heavy atom. The lowest BCUT2D eigenvalue weighted by atomic mass is 9.78. The lowest BCUT2D eigenvalue weighted by Crippen LogP contribution is -2.28. The van der Waals surface area contributed by atoms with E-state index in [9.17, 15) is 4.79 Å². The first-order chi connectivity index (χ1) is 12.1. The normalized spacial score (nSPS) is 23.7. The van der Waals surface area contributed by atoms with E-state index in [1.165, 1.54) is 22.5 Å². The molecule has 2 heterocycles. The Hall–Kier alpha value is -1.85. The molecule has 0 spiro atoms. The molecule has 0 amide bonds. The number of benzene rings is 1. The summed E-state index contributed by atoms with van der Waals surface area (Å²) in [4.78, 5) is 17.1. The van der Waals surface area contributed by atoms with Crippen LogP contribution in [0.1, 0.15) is 51.1 Å². The second-order valence-corrected chi connectivity index (χ2v) is 7.85. The number of nitrogens with zero attached hydrogens (tertiary/aromatic N) is 1. The summed E-state index contributed by atoms with van der Waals surface area (Å²) < 4.78 is 5.06. The van der Waals surface area contributed by atoms with Gasteiger partial charge in [0.15, 0.2) is 0 Å². The number of halogens is 1. The molecule has 2 aromatic rings. The van der Waals surface area contributed by atoms with Crippen LogP contribution in [-0.2, 0) is 4.74 Å². The van der Waals surface area contributed by atoms with E-state index in [0.29, 0.717) is 28.6 Å². The number of esters is 1. The zero-order valence-corrected chi connectivity index (χ0v) is 15.7. The van der Waals surface area contributed by atoms with E-state index in [1.54, 1.807) is 6.92 Å². The van der Waals surface area contributed by atoms with Crippen LogP contribution in [0.25, 0.3) is 0 Å². The number of fused-ring (bicyclic) bond motifs is 3. The summed E-state index contributed by atoms with van der Waals surface area (Å²) in [7, 11) is 0. The summed E-state index contributed by atoms with van der Waals surface area (Å²) >= 11 is 7.73. The molecule has 0 saturated carbocycles. The molecule has 130 valence electrons. The fourth-order valence-corrected chi connectivity index (χ4v) is 5.10. The van der Waals surface area contributed by atoms with E-state index in [-0.39, 0.29) is 6.04 Å². The van der Waals surface area contributed by atoms with Crippen molar-refractivity contribution in [1.29, 1.82) is 0 Å². The van der Waals surface area contributed by atoms with Crippen molar-refractivity contribution < 1.29 is 9.53 Å². The molecule has 2 aliphatic rings. The van der Waals surface area contributed by atoms with E-state index < -0.39 is 5.97 Å². The molecule has 3 atom stereocenters. The van der Waals surface area contributed by atoms with Gasteiger partial charge < -0.3 is 10.1 Å². The van der Waals surface area contributed by atoms with E-state index in [4.69, 9.17) is 16.3 Å². The monoisotopic (exact) mass is 374 g/mol. The number of hydrogen-bond donors (Lipinski definition) is 1. The van der Waals surface area contributed by atoms with Gasteiger partial charge in [-0.25, -0.2) is 9.78 Å². The van der Waals surface area contributed by atoms with Gasteiger partial charge in [0.2, 0.25) is 5.01 Å². The Labute approximate surface area is 155 Å². The Morgan fingerprint density at radius 3 is 3.12 bits per heavy atom. The molecule has 0 unspecified atom stereocenters. The molecule has 6 heteroatoms. The Morgan fingerprint density at radius 1 is 1.48 bits per heavy atom. The molecule has 4 rings (SSSR count). The van der Waals surface area contributed by atoms with Gasteiger partial charge in [0.25, 0.3) is 0 Å². The van der Waals surface area contributed by atoms with Gasteiger partial charge in [-0.2, -0.15) is 0 Å². The Kier molecular flexibility index (Phi) is 4.29. The molecule has 0 radical (unpaired) electrons. The maximum atomic E-state index is 12.0. The fourth-order valence-electron chi connectivity index (χ4n) is 3.76. The second kappa shape index (κ2) is 6.46. The zero-order valence-electron chi connectivity index (χ0n) is 14.1. The lowest BCUT2D eigenvalue weighted by Gasteiger charge is -2.36. The predicted octanol–water partition coefficient (Wildman–Crippen LogP) is 5.11. The van der Waals surface area contributed by atoms with Crippen molar-refractivity contribution in [2.45, 2.75) is 32.2 Å². The molecule has 1 aromatic heterocycles. The van der Waals surface area contributed by atoms with Crippen molar-refractivity contribution in [2.75, 3.05) is 11.9 Å². The highest BCUT2D eigenvalue weighted by molar-refractivity contribution is 7.14. The van der Waals surface area contributed by atoms with Crippen LogP contribution in [0.5, 0.6) is 0 Å². The Bertz CT molecular complexity index is 861. The number of rotatable bonds is 3. The van der Waals surface area contributed by atoms with Crippen molar-refractivity contribution in [3.05, 3.63) is 56.5 Å². The van der Waals surface area contributed by atoms with Crippen LogP contribution >= 0.6 is 22.9 Å². The van der Waals surface area contributed by atoms with Crippen LogP contribution in [0.4, 0.5) is 5.69 Å². The third kappa shape index (κ3) is 2.85. The van der Waals surface area contributed by atoms with Crippen LogP contribution in [0.2, 0.25) is 5.15 Å². The summed E-state index contributed by atoms with van der Waals surface area (Å²) in [5, 5.41) is 4.35. The molecule has 25 heavy (non-hydrogen) atoms. The highest BCUT2D eigenvalue weighted by Crippen LogP contribution is 2.51. The zero-order chi connectivity index (χ0) is 17.6. The number of anilines is 1. The smallest absolute Gasteiger partial charge is 0.367 e. The number of carbonyl (C=O) groups excluding carboxylic acids is 1. The standard InChI is InChI=1S/C19H19ClN2O2S/c1-3-24-19(23)18-22-17(20)16(25-18)15-12-6-4-5-11(12)13-9-10(2)7-8-14(13)21-15/h4-5,7-9,11-12,15,21H,3,6H2,1-2H3/t11-,12+,15-/m1/s1. The van der Waals surface area contributed by atoms with E-state index in [1.807, 2.05) is 0 Å². The van der Waals surface area contributed by atoms with Crippen molar-refractivity contribution >= 4 is 34.6 Å². The van der Waals surface area contributed by atoms with Gasteiger partial charge in [-0.15, -0.1) is 11.3 Å². The number of allylic oxidation sites excluding steroid dienone is 2. The lowest BCUT2D eigenvalue weighted by molar-refractivity contribution is 0.0526. The third-order valence-electron chi connectivity index (χ3n) is 4.86. The molecular formula is C19H19ClN2O2S. The van der Waals surface area contributed by atoms with Crippen LogP contribution < -0.4 is 5.32 Å². The predicted molar refractivity (Wildman–Crippen MR) is 101 cm³/mol. The number of ether oxygens (including phenoxy) is 1. The highest BCUT2D eigenvalue weighted by atomic mass is 35.5. The van der Waals surface area contributed by atoms with E-state index >= 15 is 0 Å². The number of hydrogen-bond acceptors (Lipinski definition) is 5. The van der Waals surface area contributed by atoms with Gasteiger partial charge in [0.05, 0.1) is 17.5 Å². The maximum Gasteiger partial charge on any atom is 0.367 e. The SMILES string of the molecule is CCOC(=O)c1nc(Cl)c([C@@H]2Nc3ccc(C)cc3[C@@H]3C=CC[C@@H]32)s1. The van der Waals surface area contributed by atoms with Gasteiger partial charge in [-0.1, -0.05) is 41.4 Å². The minimum atomic E-state index is -0.409. The number of carbonyl (C=O) groups is 1. The van der Waals surface area contributed by atoms with Crippen LogP contribution in [-0.4, -0.2) is 17.6 Å². The summed E-state index contributed by atoms with van der Waals surface area (Å²) in [5.41, 5.74) is 3.73. The molecule has 1 N–H and O–H groups in total. The quantitative estimate of drug-likeness (QED) is 0.599. The average molecular weight is 375 g/mol. The summed E-state index contributed by atoms with van der Waals surface area (Å²) in [5.74, 6) is 0.334. The highest BCUT2D eigenvalue weighted by Gasteiger charge is 2.40. The summed E-state index contributed by atoms with van der Waals surface area (Å²) in [6.07, 6.45) is 5.51. The minimum absolute atomic E-state index is 0.0448. The molecule has 0 saturated heterocycles. The van der Waals surface area contributed by atoms with E-state index in [2.05, 4.69) is 47.6 Å². The molecule has 1 aliphatic carbocycles. The van der Waals surface area contributed by atoms with Crippen molar-refractivity contribution in [3.8, 4) is 0 Å². The average Bonchev–Trinajstić information content (AvgIpc) is 3.22. The Balaban J connectivity index is 1.72. The largest absolute Gasteiger partial charge is 0.461 e. The first-order valence-corrected chi connectivity index (χ1v) is 9.65. The van der Waals surface area contributed by atoms with Crippen LogP contribution in [0.3, 0.4) is 0 Å². The van der Waals surface area contributed by atoms with Crippen LogP contribution in [0.15, 0.2) is 30.4 Å². The molecular weight excluding hydrogens is 356 g/mol. The van der Waals surface area contributed by atoms with Gasteiger partial charge in [-0.3, -0.25) is 0 Å². The number of thiazole rings is 1. The van der Waals surface area contributed by atoms with Crippen molar-refractivity contribution in [2.24, 2.45) is 5.92 Å². The molecule has 0 bridgehead atoms.